The number of unbranched alkanes of at least 4 members (excludes halogenated alkanes) is 35. The summed E-state index contributed by atoms with van der Waals surface area (Å²) >= 11 is 0. The van der Waals surface area contributed by atoms with Gasteiger partial charge in [-0.1, -0.05) is 297 Å². The summed E-state index contributed by atoms with van der Waals surface area (Å²) in [6.07, 6.45) is 52.1. The molecule has 0 saturated carbocycles. The fourth-order valence-electron chi connectivity index (χ4n) is 10.7. The normalized spacial score (nSPS) is 14.3. The highest BCUT2D eigenvalue weighted by Gasteiger charge is 2.30. The second kappa shape index (κ2) is 64.2. The second-order valence-corrected chi connectivity index (χ2v) is 30.3. The van der Waals surface area contributed by atoms with Gasteiger partial charge in [0.05, 0.1) is 26.4 Å². The molecule has 0 aromatic rings. The maximum Gasteiger partial charge on any atom is 0.472 e. The lowest BCUT2D eigenvalue weighted by Gasteiger charge is -2.21. The minimum atomic E-state index is -4.96. The Hall–Kier alpha value is -2.46. The van der Waals surface area contributed by atoms with Crippen LogP contribution in [0.5, 0.6) is 0 Å². The Morgan fingerprint density at radius 1 is 0.333 bits per heavy atom. The molecule has 0 rings (SSSR count). The second-order valence-electron chi connectivity index (χ2n) is 27.4. The first kappa shape index (κ1) is 90.5. The molecule has 5 atom stereocenters. The van der Waals surface area contributed by atoms with Crippen molar-refractivity contribution in [1.29, 1.82) is 0 Å². The van der Waals surface area contributed by atoms with Crippen molar-refractivity contribution in [3.63, 3.8) is 0 Å². The van der Waals surface area contributed by atoms with E-state index in [-0.39, 0.29) is 25.7 Å². The molecule has 0 spiro atoms. The van der Waals surface area contributed by atoms with E-state index in [1.807, 2.05) is 0 Å². The molecule has 3 N–H and O–H groups in total. The van der Waals surface area contributed by atoms with Crippen molar-refractivity contribution in [3.8, 4) is 0 Å². The van der Waals surface area contributed by atoms with Gasteiger partial charge in [0.1, 0.15) is 19.3 Å². The Morgan fingerprint density at radius 2 is 0.581 bits per heavy atom. The number of phosphoric acid groups is 2. The van der Waals surface area contributed by atoms with Crippen molar-refractivity contribution in [2.75, 3.05) is 39.6 Å². The molecule has 0 aliphatic heterocycles. The van der Waals surface area contributed by atoms with Gasteiger partial charge in [0.25, 0.3) is 0 Å². The lowest BCUT2D eigenvalue weighted by Crippen LogP contribution is -2.30. The van der Waals surface area contributed by atoms with Gasteiger partial charge in [-0.15, -0.1) is 0 Å². The molecule has 0 amide bonds. The molecule has 93 heavy (non-hydrogen) atoms. The molecule has 0 bridgehead atoms. The van der Waals surface area contributed by atoms with Gasteiger partial charge in [-0.25, -0.2) is 9.13 Å². The fraction of sp³-hybridized carbons (Fsp3) is 0.892. The Bertz CT molecular complexity index is 1910. The third kappa shape index (κ3) is 67.9. The molecule has 0 aromatic carbocycles. The molecule has 0 radical (unpaired) electrons. The van der Waals surface area contributed by atoms with Crippen LogP contribution in [0.4, 0.5) is 0 Å². The van der Waals surface area contributed by atoms with E-state index in [1.165, 1.54) is 141 Å². The van der Waals surface area contributed by atoms with Gasteiger partial charge < -0.3 is 33.8 Å². The zero-order valence-electron chi connectivity index (χ0n) is 60.2. The van der Waals surface area contributed by atoms with Crippen LogP contribution in [-0.2, 0) is 65.4 Å². The molecule has 0 saturated heterocycles. The first-order chi connectivity index (χ1) is 44.7. The van der Waals surface area contributed by atoms with E-state index in [0.717, 1.165) is 127 Å². The maximum absolute atomic E-state index is 13.1. The maximum atomic E-state index is 13.1. The molecule has 0 heterocycles. The van der Waals surface area contributed by atoms with Crippen LogP contribution in [0.15, 0.2) is 24.3 Å². The molecule has 17 nitrogen and oxygen atoms in total. The highest BCUT2D eigenvalue weighted by molar-refractivity contribution is 7.47. The number of aliphatic hydroxyl groups excluding tert-OH is 1. The Labute approximate surface area is 567 Å². The molecule has 0 aliphatic rings. The quantitative estimate of drug-likeness (QED) is 0.0169. The van der Waals surface area contributed by atoms with Gasteiger partial charge in [0.15, 0.2) is 12.2 Å². The third-order valence-electron chi connectivity index (χ3n) is 16.5. The molecule has 548 valence electrons. The Morgan fingerprint density at radius 3 is 0.871 bits per heavy atom. The van der Waals surface area contributed by atoms with Crippen molar-refractivity contribution in [2.45, 2.75) is 369 Å². The van der Waals surface area contributed by atoms with Gasteiger partial charge in [-0.3, -0.25) is 37.3 Å². The van der Waals surface area contributed by atoms with Crippen LogP contribution in [0.2, 0.25) is 0 Å². The summed E-state index contributed by atoms with van der Waals surface area (Å²) in [4.78, 5) is 72.7. The van der Waals surface area contributed by atoms with Crippen LogP contribution in [0.1, 0.15) is 350 Å². The van der Waals surface area contributed by atoms with Crippen molar-refractivity contribution < 1.29 is 80.2 Å². The lowest BCUT2D eigenvalue weighted by molar-refractivity contribution is -0.161. The Kier molecular flexibility index (Phi) is 62.5. The van der Waals surface area contributed by atoms with Gasteiger partial charge in [-0.05, 0) is 69.1 Å². The monoisotopic (exact) mass is 1360 g/mol. The van der Waals surface area contributed by atoms with E-state index in [4.69, 9.17) is 37.0 Å². The topological polar surface area (TPSA) is 237 Å². The van der Waals surface area contributed by atoms with E-state index in [9.17, 15) is 43.2 Å². The minimum absolute atomic E-state index is 0.0991. The zero-order chi connectivity index (χ0) is 68.7. The molecule has 0 aliphatic carbocycles. The highest BCUT2D eigenvalue weighted by atomic mass is 31.2. The minimum Gasteiger partial charge on any atom is -0.462 e. The summed E-state index contributed by atoms with van der Waals surface area (Å²) in [7, 11) is -9.92. The van der Waals surface area contributed by atoms with Crippen LogP contribution in [0.25, 0.3) is 0 Å². The van der Waals surface area contributed by atoms with Gasteiger partial charge in [-0.2, -0.15) is 0 Å². The van der Waals surface area contributed by atoms with E-state index >= 15 is 0 Å². The van der Waals surface area contributed by atoms with E-state index < -0.39 is 97.5 Å². The predicted molar refractivity (Wildman–Crippen MR) is 377 cm³/mol. The SMILES string of the molecule is CCCCCC/C=C\C=C/CCCCCCCC(=O)OC[C@H](COP(=O)(O)OCC(O)COP(=O)(O)OC[C@@H](COC(=O)CCCCCCCCCCC(C)C)OC(=O)CCCCCCCCCCCCC(C)C)OC(=O)CCCCCCCCCCCCCC(C)C. The van der Waals surface area contributed by atoms with E-state index in [2.05, 4.69) is 72.8 Å². The summed E-state index contributed by atoms with van der Waals surface area (Å²) in [5, 5.41) is 10.6. The summed E-state index contributed by atoms with van der Waals surface area (Å²) in [6.45, 7) is 11.8. The number of esters is 4. The summed E-state index contributed by atoms with van der Waals surface area (Å²) in [5.41, 5.74) is 0. The van der Waals surface area contributed by atoms with Crippen LogP contribution >= 0.6 is 15.6 Å². The molecule has 0 aromatic heterocycles. The smallest absolute Gasteiger partial charge is 0.462 e. The number of ether oxygens (including phenoxy) is 4. The first-order valence-corrected chi connectivity index (χ1v) is 40.7. The van der Waals surface area contributed by atoms with Crippen molar-refractivity contribution in [2.24, 2.45) is 17.8 Å². The van der Waals surface area contributed by atoms with Gasteiger partial charge in [0, 0.05) is 25.7 Å². The third-order valence-corrected chi connectivity index (χ3v) is 18.4. The lowest BCUT2D eigenvalue weighted by atomic mass is 10.0. The zero-order valence-corrected chi connectivity index (χ0v) is 62.0. The van der Waals surface area contributed by atoms with Gasteiger partial charge in [0.2, 0.25) is 0 Å². The van der Waals surface area contributed by atoms with Crippen LogP contribution < -0.4 is 0 Å². The molecular formula is C74H140O17P2. The number of carbonyl (C=O) groups excluding carboxylic acids is 4. The first-order valence-electron chi connectivity index (χ1n) is 37.7. The summed E-state index contributed by atoms with van der Waals surface area (Å²) in [5.74, 6) is 0.0863. The standard InChI is InChI=1S/C74H140O17P2/c1-8-9-10-11-12-13-14-15-16-17-20-26-34-41-48-55-71(76)84-61-69(90-73(78)57-50-43-36-27-21-18-19-24-31-38-45-52-65(2)3)63-88-92(80,81)86-59-68(75)60-87-93(82,83)89-64-70(62-85-72(77)56-49-42-35-30-29-33-40-47-54-67(6)7)91-74(79)58-51-44-37-28-23-22-25-32-39-46-53-66(4)5/h13-16,65-70,75H,8-12,17-64H2,1-7H3,(H,80,81)(H,82,83)/b14-13-,16-15-/t68?,69-,70-/m1/s1. The molecular weight excluding hydrogens is 1220 g/mol. The van der Waals surface area contributed by atoms with Crippen LogP contribution in [-0.4, -0.2) is 96.7 Å². The average molecular weight is 1360 g/mol. The highest BCUT2D eigenvalue weighted by Crippen LogP contribution is 2.45. The summed E-state index contributed by atoms with van der Waals surface area (Å²) < 4.78 is 68.4. The van der Waals surface area contributed by atoms with Crippen LogP contribution in [0, 0.1) is 17.8 Å². The number of phosphoric ester groups is 2. The fourth-order valence-corrected chi connectivity index (χ4v) is 12.3. The number of allylic oxidation sites excluding steroid dienone is 4. The average Bonchev–Trinajstić information content (AvgIpc) is 2.27. The molecule has 3 unspecified atom stereocenters. The van der Waals surface area contributed by atoms with Crippen molar-refractivity contribution in [3.05, 3.63) is 24.3 Å². The van der Waals surface area contributed by atoms with Gasteiger partial charge >= 0.3 is 39.5 Å². The molecule has 0 fully saturated rings. The number of hydrogen-bond donors (Lipinski definition) is 3. The van der Waals surface area contributed by atoms with Crippen molar-refractivity contribution >= 4 is 39.5 Å². The largest absolute Gasteiger partial charge is 0.472 e. The van der Waals surface area contributed by atoms with E-state index in [0.29, 0.717) is 25.7 Å². The number of rotatable bonds is 70. The predicted octanol–water partition coefficient (Wildman–Crippen LogP) is 21.0. The van der Waals surface area contributed by atoms with Crippen LogP contribution in [0.3, 0.4) is 0 Å². The van der Waals surface area contributed by atoms with E-state index in [1.54, 1.807) is 0 Å². The Balaban J connectivity index is 5.30. The van der Waals surface area contributed by atoms with Crippen molar-refractivity contribution in [1.82, 2.24) is 0 Å². The number of aliphatic hydroxyl groups is 1. The number of carbonyl (C=O) groups is 4. The molecule has 19 heteroatoms. The number of hydrogen-bond acceptors (Lipinski definition) is 15. The summed E-state index contributed by atoms with van der Waals surface area (Å²) in [6, 6.07) is 0.